The summed E-state index contributed by atoms with van der Waals surface area (Å²) in [7, 11) is 0. The van der Waals surface area contributed by atoms with Gasteiger partial charge in [-0.3, -0.25) is 0 Å². The average Bonchev–Trinajstić information content (AvgIpc) is 2.63. The van der Waals surface area contributed by atoms with Crippen LogP contribution in [0.25, 0.3) is 0 Å². The Kier molecular flexibility index (Phi) is 6.36. The van der Waals surface area contributed by atoms with E-state index in [1.54, 1.807) is 12.1 Å². The van der Waals surface area contributed by atoms with Gasteiger partial charge in [-0.1, -0.05) is 44.4 Å². The molecule has 130 valence electrons. The van der Waals surface area contributed by atoms with Gasteiger partial charge in [-0.15, -0.1) is 0 Å². The summed E-state index contributed by atoms with van der Waals surface area (Å²) in [5.41, 5.74) is 0.938. The zero-order chi connectivity index (χ0) is 16.8. The molecule has 0 spiro atoms. The van der Waals surface area contributed by atoms with Crippen LogP contribution in [0, 0.1) is 41.3 Å². The summed E-state index contributed by atoms with van der Waals surface area (Å²) in [6.07, 6.45) is 13.9. The Morgan fingerprint density at radius 3 is 2.04 bits per heavy atom. The average molecular weight is 326 g/mol. The molecule has 24 heavy (non-hydrogen) atoms. The summed E-state index contributed by atoms with van der Waals surface area (Å²) < 4.78 is 12.9. The molecule has 0 saturated heterocycles. The first kappa shape index (κ1) is 17.5. The van der Waals surface area contributed by atoms with Gasteiger partial charge in [0.05, 0.1) is 0 Å². The topological polar surface area (TPSA) is 0 Å². The van der Waals surface area contributed by atoms with Crippen LogP contribution in [-0.2, 0) is 0 Å². The van der Waals surface area contributed by atoms with E-state index in [0.29, 0.717) is 5.92 Å². The zero-order valence-electron chi connectivity index (χ0n) is 15.1. The molecular weight excluding hydrogens is 295 g/mol. The monoisotopic (exact) mass is 326 g/mol. The molecule has 2 aliphatic carbocycles. The molecule has 0 aliphatic heterocycles. The van der Waals surface area contributed by atoms with Crippen LogP contribution >= 0.6 is 0 Å². The number of benzene rings is 1. The summed E-state index contributed by atoms with van der Waals surface area (Å²) in [6, 6.07) is 6.55. The lowest BCUT2D eigenvalue weighted by atomic mass is 9.69. The largest absolute Gasteiger partial charge is 0.207 e. The minimum Gasteiger partial charge on any atom is -0.207 e. The molecular formula is C23H31F. The molecule has 1 aromatic rings. The standard InChI is InChI=1S/C23H31F/c1-2-3-18-6-12-21(13-7-18)22-14-8-19(9-15-22)4-5-20-10-16-23(24)17-11-20/h10-11,16-19,21-22H,2-3,6-9,12-15H2,1H3/t18-,19?,21-,22?. The summed E-state index contributed by atoms with van der Waals surface area (Å²) in [5, 5.41) is 0. The quantitative estimate of drug-likeness (QED) is 0.550. The SMILES string of the molecule is CCC[C@H]1CC[C@H](C2CCC(C#Cc3ccc(F)cc3)CC2)CC1. The van der Waals surface area contributed by atoms with Crippen molar-refractivity contribution in [3.05, 3.63) is 35.6 Å². The number of hydrogen-bond acceptors (Lipinski definition) is 0. The third-order valence-electron chi connectivity index (χ3n) is 6.29. The van der Waals surface area contributed by atoms with E-state index < -0.39 is 0 Å². The summed E-state index contributed by atoms with van der Waals surface area (Å²) >= 11 is 0. The van der Waals surface area contributed by atoms with Crippen molar-refractivity contribution in [3.8, 4) is 11.8 Å². The highest BCUT2D eigenvalue weighted by atomic mass is 19.1. The maximum absolute atomic E-state index is 12.9. The van der Waals surface area contributed by atoms with E-state index >= 15 is 0 Å². The molecule has 2 saturated carbocycles. The molecule has 0 unspecified atom stereocenters. The first-order valence-corrected chi connectivity index (χ1v) is 10.0. The lowest BCUT2D eigenvalue weighted by Gasteiger charge is -2.37. The maximum Gasteiger partial charge on any atom is 0.123 e. The molecule has 0 heterocycles. The lowest BCUT2D eigenvalue weighted by molar-refractivity contribution is 0.154. The van der Waals surface area contributed by atoms with Gasteiger partial charge in [0, 0.05) is 11.5 Å². The third-order valence-corrected chi connectivity index (χ3v) is 6.29. The molecule has 2 aliphatic rings. The Balaban J connectivity index is 1.44. The molecule has 1 heteroatoms. The fourth-order valence-electron chi connectivity index (χ4n) is 4.81. The predicted molar refractivity (Wildman–Crippen MR) is 99.1 cm³/mol. The summed E-state index contributed by atoms with van der Waals surface area (Å²) in [6.45, 7) is 2.32. The van der Waals surface area contributed by atoms with E-state index in [1.165, 1.54) is 76.3 Å². The molecule has 2 fully saturated rings. The lowest BCUT2D eigenvalue weighted by Crippen LogP contribution is -2.25. The van der Waals surface area contributed by atoms with Crippen LogP contribution < -0.4 is 0 Å². The highest BCUT2D eigenvalue weighted by molar-refractivity contribution is 5.34. The Morgan fingerprint density at radius 1 is 0.875 bits per heavy atom. The van der Waals surface area contributed by atoms with Crippen LogP contribution in [0.2, 0.25) is 0 Å². The van der Waals surface area contributed by atoms with Crippen molar-refractivity contribution < 1.29 is 4.39 Å². The molecule has 0 amide bonds. The van der Waals surface area contributed by atoms with Gasteiger partial charge in [0.1, 0.15) is 5.82 Å². The maximum atomic E-state index is 12.9. The number of halogens is 1. The Morgan fingerprint density at radius 2 is 1.46 bits per heavy atom. The highest BCUT2D eigenvalue weighted by Crippen LogP contribution is 2.42. The van der Waals surface area contributed by atoms with Crippen LogP contribution in [0.15, 0.2) is 24.3 Å². The van der Waals surface area contributed by atoms with E-state index in [2.05, 4.69) is 18.8 Å². The van der Waals surface area contributed by atoms with Gasteiger partial charge in [-0.25, -0.2) is 4.39 Å². The smallest absolute Gasteiger partial charge is 0.123 e. The van der Waals surface area contributed by atoms with E-state index in [4.69, 9.17) is 0 Å². The fourth-order valence-corrected chi connectivity index (χ4v) is 4.81. The Hall–Kier alpha value is -1.29. The van der Waals surface area contributed by atoms with Gasteiger partial charge in [-0.2, -0.15) is 0 Å². The second-order valence-corrected chi connectivity index (χ2v) is 7.96. The van der Waals surface area contributed by atoms with Crippen molar-refractivity contribution in [2.24, 2.45) is 23.7 Å². The second kappa shape index (κ2) is 8.70. The van der Waals surface area contributed by atoms with Gasteiger partial charge in [0.25, 0.3) is 0 Å². The van der Waals surface area contributed by atoms with Gasteiger partial charge < -0.3 is 0 Å². The number of hydrogen-bond donors (Lipinski definition) is 0. The molecule has 3 rings (SSSR count). The summed E-state index contributed by atoms with van der Waals surface area (Å²) in [4.78, 5) is 0. The van der Waals surface area contributed by atoms with Crippen LogP contribution in [0.5, 0.6) is 0 Å². The third kappa shape index (κ3) is 4.85. The van der Waals surface area contributed by atoms with Crippen molar-refractivity contribution in [2.45, 2.75) is 71.1 Å². The van der Waals surface area contributed by atoms with E-state index in [9.17, 15) is 4.39 Å². The van der Waals surface area contributed by atoms with Crippen molar-refractivity contribution in [1.29, 1.82) is 0 Å². The normalized spacial score (nSPS) is 30.4. The van der Waals surface area contributed by atoms with Crippen molar-refractivity contribution in [1.82, 2.24) is 0 Å². The number of rotatable bonds is 3. The molecule has 0 atom stereocenters. The van der Waals surface area contributed by atoms with E-state index in [0.717, 1.165) is 23.3 Å². The van der Waals surface area contributed by atoms with Crippen molar-refractivity contribution in [2.75, 3.05) is 0 Å². The second-order valence-electron chi connectivity index (χ2n) is 7.96. The fraction of sp³-hybridized carbons (Fsp3) is 0.652. The first-order valence-electron chi connectivity index (χ1n) is 10.0. The van der Waals surface area contributed by atoms with E-state index in [-0.39, 0.29) is 5.82 Å². The van der Waals surface area contributed by atoms with Crippen LogP contribution in [-0.4, -0.2) is 0 Å². The van der Waals surface area contributed by atoms with Crippen molar-refractivity contribution >= 4 is 0 Å². The van der Waals surface area contributed by atoms with Gasteiger partial charge >= 0.3 is 0 Å². The molecule has 0 bridgehead atoms. The highest BCUT2D eigenvalue weighted by Gasteiger charge is 2.30. The molecule has 0 N–H and O–H groups in total. The summed E-state index contributed by atoms with van der Waals surface area (Å²) in [5.74, 6) is 9.99. The minimum absolute atomic E-state index is 0.185. The Bertz CT molecular complexity index is 546. The van der Waals surface area contributed by atoms with Crippen LogP contribution in [0.4, 0.5) is 4.39 Å². The predicted octanol–water partition coefficient (Wildman–Crippen LogP) is 6.59. The van der Waals surface area contributed by atoms with Crippen LogP contribution in [0.3, 0.4) is 0 Å². The minimum atomic E-state index is -0.185. The van der Waals surface area contributed by atoms with Gasteiger partial charge in [-0.05, 0) is 80.5 Å². The van der Waals surface area contributed by atoms with Crippen LogP contribution in [0.1, 0.15) is 76.7 Å². The molecule has 0 radical (unpaired) electrons. The first-order chi connectivity index (χ1) is 11.7. The molecule has 0 nitrogen and oxygen atoms in total. The molecule has 1 aromatic carbocycles. The molecule has 0 aromatic heterocycles. The zero-order valence-corrected chi connectivity index (χ0v) is 15.1. The van der Waals surface area contributed by atoms with Gasteiger partial charge in [0.15, 0.2) is 0 Å². The van der Waals surface area contributed by atoms with E-state index in [1.807, 2.05) is 0 Å². The van der Waals surface area contributed by atoms with Gasteiger partial charge in [0.2, 0.25) is 0 Å². The Labute approximate surface area is 147 Å². The van der Waals surface area contributed by atoms with Crippen molar-refractivity contribution in [3.63, 3.8) is 0 Å².